The lowest BCUT2D eigenvalue weighted by Gasteiger charge is -2.47. The highest BCUT2D eigenvalue weighted by molar-refractivity contribution is 5.92. The first-order valence-corrected chi connectivity index (χ1v) is 10.4. The highest BCUT2D eigenvalue weighted by Gasteiger charge is 2.67. The van der Waals surface area contributed by atoms with Crippen molar-refractivity contribution in [3.05, 3.63) is 23.8 Å². The molecule has 2 aliphatic carbocycles. The van der Waals surface area contributed by atoms with Crippen molar-refractivity contribution in [2.24, 2.45) is 5.92 Å². The number of nitrogens with zero attached hydrogens (tertiary/aromatic N) is 2. The van der Waals surface area contributed by atoms with E-state index in [1.165, 1.54) is 0 Å². The number of hydrogen-bond donors (Lipinski definition) is 2. The molecule has 2 aromatic rings. The van der Waals surface area contributed by atoms with Crippen molar-refractivity contribution < 1.29 is 23.1 Å². The van der Waals surface area contributed by atoms with E-state index in [9.17, 15) is 23.1 Å². The number of benzene rings is 1. The maximum atomic E-state index is 13.9. The van der Waals surface area contributed by atoms with Gasteiger partial charge in [-0.3, -0.25) is 10.1 Å². The predicted octanol–water partition coefficient (Wildman–Crippen LogP) is 4.87. The Kier molecular flexibility index (Phi) is 4.55. The van der Waals surface area contributed by atoms with Crippen LogP contribution in [0.4, 0.5) is 19.1 Å². The molecule has 5 nitrogen and oxygen atoms in total. The summed E-state index contributed by atoms with van der Waals surface area (Å²) in [7, 11) is 0. The number of aromatic nitrogens is 2. The largest absolute Gasteiger partial charge is 0.386 e. The summed E-state index contributed by atoms with van der Waals surface area (Å²) in [6.45, 7) is 6.33. The number of halogens is 3. The summed E-state index contributed by atoms with van der Waals surface area (Å²) in [6, 6.07) is 5.42. The molecule has 2 aliphatic rings. The number of hydrogen-bond acceptors (Lipinski definition) is 3. The quantitative estimate of drug-likeness (QED) is 0.721. The molecule has 1 amide bonds. The minimum absolute atomic E-state index is 0.256. The van der Waals surface area contributed by atoms with Crippen molar-refractivity contribution in [3.63, 3.8) is 0 Å². The molecule has 0 radical (unpaired) electrons. The van der Waals surface area contributed by atoms with Crippen LogP contribution in [0, 0.1) is 5.92 Å². The monoisotopic (exact) mass is 423 g/mol. The lowest BCUT2D eigenvalue weighted by molar-refractivity contribution is -0.248. The summed E-state index contributed by atoms with van der Waals surface area (Å²) in [5.74, 6) is -5.12. The number of imidazole rings is 1. The average molecular weight is 423 g/mol. The third kappa shape index (κ3) is 3.20. The van der Waals surface area contributed by atoms with Gasteiger partial charge in [0.25, 0.3) is 5.92 Å². The molecule has 2 saturated carbocycles. The van der Waals surface area contributed by atoms with Gasteiger partial charge >= 0.3 is 0 Å². The zero-order valence-electron chi connectivity index (χ0n) is 17.7. The summed E-state index contributed by atoms with van der Waals surface area (Å²) < 4.78 is 43.6. The minimum Gasteiger partial charge on any atom is -0.386 e. The van der Waals surface area contributed by atoms with Crippen molar-refractivity contribution in [2.75, 3.05) is 5.32 Å². The van der Waals surface area contributed by atoms with E-state index in [1.807, 2.05) is 10.6 Å². The van der Waals surface area contributed by atoms with Crippen LogP contribution in [0.3, 0.4) is 0 Å². The number of anilines is 1. The van der Waals surface area contributed by atoms with Gasteiger partial charge in [-0.1, -0.05) is 6.07 Å². The van der Waals surface area contributed by atoms with Gasteiger partial charge in [-0.15, -0.1) is 0 Å². The summed E-state index contributed by atoms with van der Waals surface area (Å²) >= 11 is 0. The van der Waals surface area contributed by atoms with E-state index in [1.54, 1.807) is 26.0 Å². The lowest BCUT2D eigenvalue weighted by atomic mass is 9.67. The second-order valence-corrected chi connectivity index (χ2v) is 9.86. The highest BCUT2D eigenvalue weighted by atomic mass is 19.3. The first-order valence-electron chi connectivity index (χ1n) is 10.4. The van der Waals surface area contributed by atoms with Crippen LogP contribution in [0.25, 0.3) is 11.0 Å². The van der Waals surface area contributed by atoms with Gasteiger partial charge in [-0.2, -0.15) is 0 Å². The van der Waals surface area contributed by atoms with E-state index in [0.29, 0.717) is 17.0 Å². The minimum atomic E-state index is -3.51. The van der Waals surface area contributed by atoms with Crippen molar-refractivity contribution in [2.45, 2.75) is 82.5 Å². The normalized spacial score (nSPS) is 27.4. The number of carbonyl (C=O) groups excluding carboxylic acids is 1. The predicted molar refractivity (Wildman–Crippen MR) is 108 cm³/mol. The van der Waals surface area contributed by atoms with E-state index in [0.717, 1.165) is 31.7 Å². The van der Waals surface area contributed by atoms with E-state index < -0.39 is 35.4 Å². The molecule has 1 heterocycles. The fraction of sp³-hybridized carbons (Fsp3) is 0.636. The maximum absolute atomic E-state index is 13.9. The van der Waals surface area contributed by atoms with Crippen molar-refractivity contribution in [1.29, 1.82) is 0 Å². The standard InChI is InChI=1S/C22H28F3N3O2/c1-19(2,30)13-6-7-15-16(10-13)28(20(3)8-5-9-20)18(26-15)27-17(29)11-14-12-21(4,23)22(14,24)25/h6-7,10,14,30H,5,8-9,11-12H2,1-4H3,(H,26,27,29). The van der Waals surface area contributed by atoms with Gasteiger partial charge < -0.3 is 9.67 Å². The van der Waals surface area contributed by atoms with E-state index in [2.05, 4.69) is 17.2 Å². The number of amides is 1. The summed E-state index contributed by atoms with van der Waals surface area (Å²) in [4.78, 5) is 17.1. The molecule has 2 fully saturated rings. The number of rotatable bonds is 5. The van der Waals surface area contributed by atoms with Gasteiger partial charge in [0.05, 0.1) is 16.6 Å². The van der Waals surface area contributed by atoms with Crippen molar-refractivity contribution in [3.8, 4) is 0 Å². The Morgan fingerprint density at radius 1 is 1.30 bits per heavy atom. The van der Waals surface area contributed by atoms with Crippen LogP contribution in [-0.2, 0) is 15.9 Å². The zero-order valence-corrected chi connectivity index (χ0v) is 17.7. The SMILES string of the molecule is CC(C)(O)c1ccc2nc(NC(=O)CC3CC(C)(F)C3(F)F)n(C3(C)CCC3)c2c1. The molecule has 2 N–H and O–H groups in total. The molecule has 8 heteroatoms. The Hall–Kier alpha value is -2.09. The van der Waals surface area contributed by atoms with Crippen LogP contribution in [-0.4, -0.2) is 32.2 Å². The van der Waals surface area contributed by atoms with E-state index in [4.69, 9.17) is 0 Å². The molecule has 0 aliphatic heterocycles. The Bertz CT molecular complexity index is 1000. The summed E-state index contributed by atoms with van der Waals surface area (Å²) in [5.41, 5.74) is -1.71. The molecule has 1 aromatic heterocycles. The number of carbonyl (C=O) groups is 1. The van der Waals surface area contributed by atoms with Crippen LogP contribution < -0.4 is 5.32 Å². The van der Waals surface area contributed by atoms with Crippen LogP contribution in [0.5, 0.6) is 0 Å². The first kappa shape index (κ1) is 21.2. The first-order chi connectivity index (χ1) is 13.7. The van der Waals surface area contributed by atoms with Crippen LogP contribution in [0.15, 0.2) is 18.2 Å². The number of nitrogens with one attached hydrogen (secondary N) is 1. The Morgan fingerprint density at radius 3 is 2.47 bits per heavy atom. The molecule has 0 spiro atoms. The molecular formula is C22H28F3N3O2. The van der Waals surface area contributed by atoms with E-state index in [-0.39, 0.29) is 12.0 Å². The molecule has 0 saturated heterocycles. The third-order valence-corrected chi connectivity index (χ3v) is 6.85. The Morgan fingerprint density at radius 2 is 1.97 bits per heavy atom. The fourth-order valence-corrected chi connectivity index (χ4v) is 4.62. The number of fused-ring (bicyclic) bond motifs is 1. The number of alkyl halides is 3. The number of aliphatic hydroxyl groups is 1. The Labute approximate surface area is 173 Å². The molecule has 4 rings (SSSR count). The molecule has 1 aromatic carbocycles. The van der Waals surface area contributed by atoms with Crippen LogP contribution in [0.1, 0.15) is 65.4 Å². The summed E-state index contributed by atoms with van der Waals surface area (Å²) in [5, 5.41) is 13.1. The zero-order chi connectivity index (χ0) is 22.1. The van der Waals surface area contributed by atoms with Crippen molar-refractivity contribution in [1.82, 2.24) is 9.55 Å². The third-order valence-electron chi connectivity index (χ3n) is 6.85. The molecule has 2 unspecified atom stereocenters. The second-order valence-electron chi connectivity index (χ2n) is 9.86. The van der Waals surface area contributed by atoms with Gasteiger partial charge in [-0.25, -0.2) is 18.2 Å². The molecule has 2 atom stereocenters. The topological polar surface area (TPSA) is 67.2 Å². The van der Waals surface area contributed by atoms with Gasteiger partial charge in [0.2, 0.25) is 11.9 Å². The summed E-state index contributed by atoms with van der Waals surface area (Å²) in [6.07, 6.45) is 2.04. The van der Waals surface area contributed by atoms with Gasteiger partial charge in [0, 0.05) is 17.9 Å². The van der Waals surface area contributed by atoms with Crippen LogP contribution in [0.2, 0.25) is 0 Å². The van der Waals surface area contributed by atoms with E-state index >= 15 is 0 Å². The lowest BCUT2D eigenvalue weighted by Crippen LogP contribution is -2.60. The smallest absolute Gasteiger partial charge is 0.284 e. The Balaban J connectivity index is 1.65. The maximum Gasteiger partial charge on any atom is 0.284 e. The molecule has 0 bridgehead atoms. The fourth-order valence-electron chi connectivity index (χ4n) is 4.62. The average Bonchev–Trinajstić information content (AvgIpc) is 2.95. The van der Waals surface area contributed by atoms with Gasteiger partial charge in [-0.05, 0) is 71.1 Å². The van der Waals surface area contributed by atoms with Crippen molar-refractivity contribution >= 4 is 22.9 Å². The van der Waals surface area contributed by atoms with Crippen LogP contribution >= 0.6 is 0 Å². The molecular weight excluding hydrogens is 395 g/mol. The van der Waals surface area contributed by atoms with Gasteiger partial charge in [0.15, 0.2) is 5.67 Å². The molecule has 164 valence electrons. The molecule has 30 heavy (non-hydrogen) atoms. The second kappa shape index (κ2) is 6.45. The van der Waals surface area contributed by atoms with Gasteiger partial charge in [0.1, 0.15) is 0 Å². The highest BCUT2D eigenvalue weighted by Crippen LogP contribution is 2.55.